The standard InChI is InChI=1S/C17H24N2OS/c1-12-13(2)21-17(19-12)11-15(18-3)8-5-14-6-9-16(20-4)10-7-14/h6-7,9-10,15,18H,5,8,11H2,1-4H3. The van der Waals surface area contributed by atoms with E-state index in [4.69, 9.17) is 4.74 Å². The highest BCUT2D eigenvalue weighted by Gasteiger charge is 2.11. The summed E-state index contributed by atoms with van der Waals surface area (Å²) in [5.41, 5.74) is 2.52. The number of rotatable bonds is 7. The average molecular weight is 304 g/mol. The van der Waals surface area contributed by atoms with Gasteiger partial charge in [-0.1, -0.05) is 12.1 Å². The van der Waals surface area contributed by atoms with Gasteiger partial charge in [0.2, 0.25) is 0 Å². The first-order valence-corrected chi connectivity index (χ1v) is 8.17. The molecule has 2 rings (SSSR count). The molecular weight excluding hydrogens is 280 g/mol. The highest BCUT2D eigenvalue weighted by molar-refractivity contribution is 7.11. The zero-order chi connectivity index (χ0) is 15.2. The van der Waals surface area contributed by atoms with Crippen molar-refractivity contribution in [1.82, 2.24) is 10.3 Å². The molecule has 4 heteroatoms. The van der Waals surface area contributed by atoms with Crippen LogP contribution in [0, 0.1) is 13.8 Å². The van der Waals surface area contributed by atoms with E-state index in [1.807, 2.05) is 30.5 Å². The fourth-order valence-electron chi connectivity index (χ4n) is 2.32. The number of hydrogen-bond donors (Lipinski definition) is 1. The third-order valence-electron chi connectivity index (χ3n) is 3.84. The van der Waals surface area contributed by atoms with E-state index in [1.54, 1.807) is 7.11 Å². The Balaban J connectivity index is 1.89. The SMILES string of the molecule is CNC(CCc1ccc(OC)cc1)Cc1nc(C)c(C)s1. The lowest BCUT2D eigenvalue weighted by Crippen LogP contribution is -2.28. The molecule has 3 nitrogen and oxygen atoms in total. The maximum Gasteiger partial charge on any atom is 0.118 e. The molecule has 1 N–H and O–H groups in total. The van der Waals surface area contributed by atoms with Crippen LogP contribution in [0.1, 0.15) is 27.6 Å². The molecule has 0 saturated carbocycles. The number of hydrogen-bond acceptors (Lipinski definition) is 4. The number of methoxy groups -OCH3 is 1. The summed E-state index contributed by atoms with van der Waals surface area (Å²) < 4.78 is 5.19. The molecule has 0 radical (unpaired) electrons. The molecule has 0 spiro atoms. The van der Waals surface area contributed by atoms with Gasteiger partial charge in [0.1, 0.15) is 5.75 Å². The lowest BCUT2D eigenvalue weighted by atomic mass is 10.0. The Bertz CT molecular complexity index is 543. The average Bonchev–Trinajstić information content (AvgIpc) is 2.82. The van der Waals surface area contributed by atoms with Gasteiger partial charge in [-0.3, -0.25) is 0 Å². The summed E-state index contributed by atoms with van der Waals surface area (Å²) in [6.07, 6.45) is 3.19. The molecule has 0 fully saturated rings. The number of nitrogens with one attached hydrogen (secondary N) is 1. The minimum atomic E-state index is 0.469. The summed E-state index contributed by atoms with van der Waals surface area (Å²) in [5, 5.41) is 4.65. The van der Waals surface area contributed by atoms with Crippen molar-refractivity contribution in [2.45, 2.75) is 39.2 Å². The Labute approximate surface area is 131 Å². The van der Waals surface area contributed by atoms with Crippen molar-refractivity contribution in [1.29, 1.82) is 0 Å². The molecule has 1 atom stereocenters. The third-order valence-corrected chi connectivity index (χ3v) is 4.94. The molecule has 0 saturated heterocycles. The normalized spacial score (nSPS) is 12.4. The summed E-state index contributed by atoms with van der Waals surface area (Å²) in [5.74, 6) is 0.914. The van der Waals surface area contributed by atoms with E-state index in [2.05, 4.69) is 36.3 Å². The van der Waals surface area contributed by atoms with E-state index in [9.17, 15) is 0 Å². The van der Waals surface area contributed by atoms with E-state index >= 15 is 0 Å². The Morgan fingerprint density at radius 2 is 1.95 bits per heavy atom. The number of aryl methyl sites for hydroxylation is 3. The van der Waals surface area contributed by atoms with Crippen molar-refractivity contribution in [2.75, 3.05) is 14.2 Å². The van der Waals surface area contributed by atoms with Crippen molar-refractivity contribution in [3.8, 4) is 5.75 Å². The van der Waals surface area contributed by atoms with Gasteiger partial charge in [-0.2, -0.15) is 0 Å². The van der Waals surface area contributed by atoms with Gasteiger partial charge in [0.05, 0.1) is 17.8 Å². The van der Waals surface area contributed by atoms with Gasteiger partial charge in [-0.25, -0.2) is 4.98 Å². The Hall–Kier alpha value is -1.39. The van der Waals surface area contributed by atoms with Gasteiger partial charge in [0.15, 0.2) is 0 Å². The largest absolute Gasteiger partial charge is 0.497 e. The van der Waals surface area contributed by atoms with Crippen molar-refractivity contribution in [2.24, 2.45) is 0 Å². The number of benzene rings is 1. The highest BCUT2D eigenvalue weighted by Crippen LogP contribution is 2.19. The van der Waals surface area contributed by atoms with Crippen LogP contribution in [0.3, 0.4) is 0 Å². The molecule has 21 heavy (non-hydrogen) atoms. The van der Waals surface area contributed by atoms with E-state index in [0.717, 1.165) is 25.0 Å². The van der Waals surface area contributed by atoms with Crippen LogP contribution in [0.4, 0.5) is 0 Å². The maximum absolute atomic E-state index is 5.19. The molecule has 0 aliphatic rings. The van der Waals surface area contributed by atoms with Crippen LogP contribution in [0.2, 0.25) is 0 Å². The van der Waals surface area contributed by atoms with Crippen molar-refractivity contribution >= 4 is 11.3 Å². The smallest absolute Gasteiger partial charge is 0.118 e. The summed E-state index contributed by atoms with van der Waals surface area (Å²) in [6.45, 7) is 4.23. The molecule has 0 amide bonds. The quantitative estimate of drug-likeness (QED) is 0.849. The van der Waals surface area contributed by atoms with Gasteiger partial charge in [0, 0.05) is 17.3 Å². The van der Waals surface area contributed by atoms with Crippen LogP contribution in [0.15, 0.2) is 24.3 Å². The number of aromatic nitrogens is 1. The van der Waals surface area contributed by atoms with Crippen LogP contribution < -0.4 is 10.1 Å². The molecule has 1 aromatic heterocycles. The van der Waals surface area contributed by atoms with Gasteiger partial charge in [-0.15, -0.1) is 11.3 Å². The van der Waals surface area contributed by atoms with Crippen molar-refractivity contribution in [3.05, 3.63) is 45.4 Å². The number of ether oxygens (including phenoxy) is 1. The first-order valence-electron chi connectivity index (χ1n) is 7.35. The lowest BCUT2D eigenvalue weighted by Gasteiger charge is -2.14. The topological polar surface area (TPSA) is 34.1 Å². The minimum absolute atomic E-state index is 0.469. The Morgan fingerprint density at radius 1 is 1.24 bits per heavy atom. The van der Waals surface area contributed by atoms with Crippen LogP contribution in [-0.4, -0.2) is 25.2 Å². The molecular formula is C17H24N2OS. The van der Waals surface area contributed by atoms with Crippen LogP contribution in [0.25, 0.3) is 0 Å². The highest BCUT2D eigenvalue weighted by atomic mass is 32.1. The summed E-state index contributed by atoms with van der Waals surface area (Å²) in [7, 11) is 3.73. The van der Waals surface area contributed by atoms with E-state index in [-0.39, 0.29) is 0 Å². The number of nitrogens with zero attached hydrogens (tertiary/aromatic N) is 1. The van der Waals surface area contributed by atoms with Gasteiger partial charge in [0.25, 0.3) is 0 Å². The van der Waals surface area contributed by atoms with Crippen LogP contribution in [0.5, 0.6) is 5.75 Å². The predicted octanol–water partition coefficient (Wildman–Crippen LogP) is 3.53. The fraction of sp³-hybridized carbons (Fsp3) is 0.471. The lowest BCUT2D eigenvalue weighted by molar-refractivity contribution is 0.414. The first kappa shape index (κ1) is 16.0. The van der Waals surface area contributed by atoms with Gasteiger partial charge >= 0.3 is 0 Å². The zero-order valence-corrected chi connectivity index (χ0v) is 14.1. The summed E-state index contributed by atoms with van der Waals surface area (Å²) >= 11 is 1.82. The molecule has 0 aliphatic carbocycles. The second-order valence-corrected chi connectivity index (χ2v) is 6.61. The molecule has 1 aromatic carbocycles. The number of thiazole rings is 1. The number of likely N-dealkylation sites (N-methyl/N-ethyl adjacent to an activating group) is 1. The Morgan fingerprint density at radius 3 is 2.48 bits per heavy atom. The molecule has 0 bridgehead atoms. The zero-order valence-electron chi connectivity index (χ0n) is 13.3. The van der Waals surface area contributed by atoms with Crippen molar-refractivity contribution < 1.29 is 4.74 Å². The second kappa shape index (κ2) is 7.57. The first-order chi connectivity index (χ1) is 10.1. The monoisotopic (exact) mass is 304 g/mol. The summed E-state index contributed by atoms with van der Waals surface area (Å²) in [6, 6.07) is 8.80. The predicted molar refractivity (Wildman–Crippen MR) is 89.5 cm³/mol. The molecule has 114 valence electrons. The van der Waals surface area contributed by atoms with Gasteiger partial charge < -0.3 is 10.1 Å². The molecule has 2 aromatic rings. The van der Waals surface area contributed by atoms with Crippen LogP contribution >= 0.6 is 11.3 Å². The second-order valence-electron chi connectivity index (χ2n) is 5.33. The van der Waals surface area contributed by atoms with Crippen LogP contribution in [-0.2, 0) is 12.8 Å². The molecule has 1 heterocycles. The van der Waals surface area contributed by atoms with Crippen molar-refractivity contribution in [3.63, 3.8) is 0 Å². The molecule has 1 unspecified atom stereocenters. The van der Waals surface area contributed by atoms with E-state index in [0.29, 0.717) is 6.04 Å². The molecule has 0 aliphatic heterocycles. The van der Waals surface area contributed by atoms with Gasteiger partial charge in [-0.05, 0) is 51.4 Å². The fourth-order valence-corrected chi connectivity index (χ4v) is 3.33. The third kappa shape index (κ3) is 4.55. The Kier molecular flexibility index (Phi) is 5.76. The van der Waals surface area contributed by atoms with E-state index < -0.39 is 0 Å². The maximum atomic E-state index is 5.19. The minimum Gasteiger partial charge on any atom is -0.497 e. The summed E-state index contributed by atoms with van der Waals surface area (Å²) in [4.78, 5) is 5.97. The van der Waals surface area contributed by atoms with E-state index in [1.165, 1.54) is 21.1 Å².